The van der Waals surface area contributed by atoms with Gasteiger partial charge < -0.3 is 20.8 Å². The summed E-state index contributed by atoms with van der Waals surface area (Å²) in [5.74, 6) is 0.491. The van der Waals surface area contributed by atoms with Crippen LogP contribution in [0.25, 0.3) is 10.9 Å². The highest BCUT2D eigenvalue weighted by Crippen LogP contribution is 2.37. The van der Waals surface area contributed by atoms with Gasteiger partial charge in [-0.25, -0.2) is 0 Å². The maximum atomic E-state index is 9.46. The zero-order chi connectivity index (χ0) is 19.8. The standard InChI is InChI=1S/C12H12N2O2.C9H11ClN2/c13-12-6-2-1-3-8(6)14-9-5-11(16)10(15)4-7(9)12;1-7-5-12(6-7)9-2-3-11-4-8(9)10/h4-5,15-16H,1-3H2,(H2,13,14);2-4,7H,5-6H2,1H3. The molecule has 28 heavy (non-hydrogen) atoms. The molecule has 0 saturated carbocycles. The van der Waals surface area contributed by atoms with E-state index in [0.717, 1.165) is 65.6 Å². The normalized spacial score (nSPS) is 15.7. The predicted molar refractivity (Wildman–Crippen MR) is 112 cm³/mol. The summed E-state index contributed by atoms with van der Waals surface area (Å²) < 4.78 is 0. The molecule has 6 nitrogen and oxygen atoms in total. The fraction of sp³-hybridized carbons (Fsp3) is 0.333. The van der Waals surface area contributed by atoms with Gasteiger partial charge in [0.15, 0.2) is 11.5 Å². The monoisotopic (exact) mass is 398 g/mol. The van der Waals surface area contributed by atoms with E-state index in [4.69, 9.17) is 17.3 Å². The first-order valence-electron chi connectivity index (χ1n) is 9.41. The lowest BCUT2D eigenvalue weighted by molar-refractivity contribution is 0.405. The van der Waals surface area contributed by atoms with Crippen molar-refractivity contribution in [2.24, 2.45) is 5.92 Å². The molecule has 1 aliphatic heterocycles. The lowest BCUT2D eigenvalue weighted by atomic mass is 10.0. The number of halogens is 1. The third-order valence-electron chi connectivity index (χ3n) is 5.31. The number of aryl methyl sites for hydroxylation is 1. The Morgan fingerprint density at radius 2 is 1.93 bits per heavy atom. The molecule has 5 rings (SSSR count). The van der Waals surface area contributed by atoms with Gasteiger partial charge in [-0.3, -0.25) is 9.97 Å². The van der Waals surface area contributed by atoms with Crippen molar-refractivity contribution >= 4 is 33.9 Å². The lowest BCUT2D eigenvalue weighted by Gasteiger charge is -2.39. The van der Waals surface area contributed by atoms with Crippen LogP contribution in [-0.4, -0.2) is 33.3 Å². The largest absolute Gasteiger partial charge is 0.504 e. The molecule has 0 radical (unpaired) electrons. The number of phenolic OH excluding ortho intramolecular Hbond substituents is 2. The molecule has 1 fully saturated rings. The van der Waals surface area contributed by atoms with Crippen LogP contribution in [0.5, 0.6) is 11.5 Å². The van der Waals surface area contributed by atoms with Gasteiger partial charge >= 0.3 is 0 Å². The molecule has 4 N–H and O–H groups in total. The number of nitrogen functional groups attached to an aromatic ring is 1. The summed E-state index contributed by atoms with van der Waals surface area (Å²) in [4.78, 5) is 10.7. The maximum Gasteiger partial charge on any atom is 0.159 e. The van der Waals surface area contributed by atoms with Gasteiger partial charge in [-0.05, 0) is 42.9 Å². The van der Waals surface area contributed by atoms with Gasteiger partial charge in [0.2, 0.25) is 0 Å². The zero-order valence-electron chi connectivity index (χ0n) is 15.7. The first-order valence-corrected chi connectivity index (χ1v) is 9.79. The van der Waals surface area contributed by atoms with Gasteiger partial charge in [0, 0.05) is 48.3 Å². The predicted octanol–water partition coefficient (Wildman–Crippen LogP) is 3.91. The first-order chi connectivity index (χ1) is 13.4. The molecule has 3 aromatic rings. The van der Waals surface area contributed by atoms with E-state index < -0.39 is 0 Å². The van der Waals surface area contributed by atoms with E-state index in [0.29, 0.717) is 11.2 Å². The molecule has 146 valence electrons. The minimum atomic E-state index is -0.155. The van der Waals surface area contributed by atoms with Crippen LogP contribution in [0.15, 0.2) is 30.6 Å². The molecule has 2 aliphatic rings. The summed E-state index contributed by atoms with van der Waals surface area (Å²) in [6.07, 6.45) is 6.44. The highest BCUT2D eigenvalue weighted by atomic mass is 35.5. The zero-order valence-corrected chi connectivity index (χ0v) is 16.4. The van der Waals surface area contributed by atoms with Crippen LogP contribution in [-0.2, 0) is 12.8 Å². The Morgan fingerprint density at radius 1 is 1.18 bits per heavy atom. The van der Waals surface area contributed by atoms with Crippen LogP contribution in [0, 0.1) is 5.92 Å². The van der Waals surface area contributed by atoms with Gasteiger partial charge in [0.25, 0.3) is 0 Å². The number of hydrogen-bond donors (Lipinski definition) is 3. The van der Waals surface area contributed by atoms with E-state index in [-0.39, 0.29) is 11.5 Å². The van der Waals surface area contributed by atoms with Crippen molar-refractivity contribution in [3.63, 3.8) is 0 Å². The molecule has 0 spiro atoms. The number of pyridine rings is 2. The van der Waals surface area contributed by atoms with Gasteiger partial charge in [0.1, 0.15) is 0 Å². The van der Waals surface area contributed by atoms with Gasteiger partial charge in [-0.1, -0.05) is 18.5 Å². The highest BCUT2D eigenvalue weighted by molar-refractivity contribution is 6.33. The number of anilines is 2. The van der Waals surface area contributed by atoms with Crippen molar-refractivity contribution in [2.75, 3.05) is 23.7 Å². The van der Waals surface area contributed by atoms with E-state index in [9.17, 15) is 10.2 Å². The average Bonchev–Trinajstić information content (AvgIpc) is 3.11. The Kier molecular flexibility index (Phi) is 4.89. The van der Waals surface area contributed by atoms with E-state index in [1.165, 1.54) is 12.1 Å². The Balaban J connectivity index is 0.000000143. The SMILES string of the molecule is CC1CN(c2ccncc2Cl)C1.Nc1c2c(nc3cc(O)c(O)cc13)CCC2. The Hall–Kier alpha value is -2.73. The average molecular weight is 399 g/mol. The third kappa shape index (κ3) is 3.40. The summed E-state index contributed by atoms with van der Waals surface area (Å²) in [6, 6.07) is 4.90. The molecular weight excluding hydrogens is 376 g/mol. The Labute approximate surface area is 168 Å². The molecule has 1 saturated heterocycles. The van der Waals surface area contributed by atoms with E-state index in [2.05, 4.69) is 21.8 Å². The minimum Gasteiger partial charge on any atom is -0.504 e. The molecule has 0 bridgehead atoms. The summed E-state index contributed by atoms with van der Waals surface area (Å²) in [5.41, 5.74) is 10.6. The second-order valence-electron chi connectivity index (χ2n) is 7.50. The topological polar surface area (TPSA) is 95.5 Å². The molecular formula is C21H23ClN4O2. The molecule has 1 aromatic carbocycles. The highest BCUT2D eigenvalue weighted by Gasteiger charge is 2.24. The third-order valence-corrected chi connectivity index (χ3v) is 5.60. The van der Waals surface area contributed by atoms with Crippen LogP contribution >= 0.6 is 11.6 Å². The van der Waals surface area contributed by atoms with Crippen molar-refractivity contribution in [2.45, 2.75) is 26.2 Å². The van der Waals surface area contributed by atoms with Gasteiger partial charge in [-0.15, -0.1) is 0 Å². The Morgan fingerprint density at radius 3 is 2.64 bits per heavy atom. The second-order valence-corrected chi connectivity index (χ2v) is 7.91. The number of phenols is 2. The maximum absolute atomic E-state index is 9.46. The van der Waals surface area contributed by atoms with Crippen molar-refractivity contribution < 1.29 is 10.2 Å². The van der Waals surface area contributed by atoms with E-state index in [1.807, 2.05) is 6.07 Å². The van der Waals surface area contributed by atoms with Crippen molar-refractivity contribution in [1.82, 2.24) is 9.97 Å². The van der Waals surface area contributed by atoms with Crippen LogP contribution in [0.1, 0.15) is 24.6 Å². The number of fused-ring (bicyclic) bond motifs is 2. The minimum absolute atomic E-state index is 0.154. The second kappa shape index (κ2) is 7.36. The number of nitrogens with zero attached hydrogens (tertiary/aromatic N) is 3. The molecule has 1 aliphatic carbocycles. The number of nitrogens with two attached hydrogens (primary N) is 1. The summed E-state index contributed by atoms with van der Waals surface area (Å²) in [7, 11) is 0. The number of aromatic hydroxyl groups is 2. The van der Waals surface area contributed by atoms with Crippen LogP contribution < -0.4 is 10.6 Å². The van der Waals surface area contributed by atoms with Crippen LogP contribution in [0.4, 0.5) is 11.4 Å². The molecule has 3 heterocycles. The van der Waals surface area contributed by atoms with E-state index in [1.54, 1.807) is 12.4 Å². The van der Waals surface area contributed by atoms with E-state index >= 15 is 0 Å². The number of hydrogen-bond acceptors (Lipinski definition) is 6. The quantitative estimate of drug-likeness (QED) is 0.538. The molecule has 0 amide bonds. The van der Waals surface area contributed by atoms with Crippen LogP contribution in [0.3, 0.4) is 0 Å². The van der Waals surface area contributed by atoms with Crippen molar-refractivity contribution in [3.8, 4) is 11.5 Å². The Bertz CT molecular complexity index is 1030. The van der Waals surface area contributed by atoms with Gasteiger partial charge in [0.05, 0.1) is 16.2 Å². The number of aromatic nitrogens is 2. The smallest absolute Gasteiger partial charge is 0.159 e. The fourth-order valence-corrected chi connectivity index (χ4v) is 4.08. The first kappa shape index (κ1) is 18.6. The van der Waals surface area contributed by atoms with Gasteiger partial charge in [-0.2, -0.15) is 0 Å². The lowest BCUT2D eigenvalue weighted by Crippen LogP contribution is -2.45. The molecule has 7 heteroatoms. The molecule has 0 unspecified atom stereocenters. The summed E-state index contributed by atoms with van der Waals surface area (Å²) in [5, 5.41) is 20.4. The molecule has 0 atom stereocenters. The molecule has 2 aromatic heterocycles. The van der Waals surface area contributed by atoms with Crippen molar-refractivity contribution in [3.05, 3.63) is 46.9 Å². The fourth-order valence-electron chi connectivity index (χ4n) is 3.84. The number of rotatable bonds is 1. The summed E-state index contributed by atoms with van der Waals surface area (Å²) in [6.45, 7) is 4.47. The van der Waals surface area contributed by atoms with Crippen LogP contribution in [0.2, 0.25) is 5.02 Å². The summed E-state index contributed by atoms with van der Waals surface area (Å²) >= 11 is 5.98. The van der Waals surface area contributed by atoms with Crippen molar-refractivity contribution in [1.29, 1.82) is 0 Å². The number of benzene rings is 1.